The van der Waals surface area contributed by atoms with Crippen LogP contribution in [0.4, 0.5) is 5.13 Å². The van der Waals surface area contributed by atoms with Gasteiger partial charge in [0, 0.05) is 26.1 Å². The molecule has 6 heteroatoms. The highest BCUT2D eigenvalue weighted by Crippen LogP contribution is 2.29. The Balaban J connectivity index is 1.71. The smallest absolute Gasteiger partial charge is 0.208 e. The average Bonchev–Trinajstić information content (AvgIpc) is 3.02. The van der Waals surface area contributed by atoms with Crippen molar-refractivity contribution in [3.8, 4) is 5.75 Å². The topological polar surface area (TPSA) is 47.5 Å². The maximum absolute atomic E-state index is 5.73. The molecule has 0 aliphatic carbocycles. The van der Waals surface area contributed by atoms with Gasteiger partial charge in [0.1, 0.15) is 10.8 Å². The van der Waals surface area contributed by atoms with Crippen molar-refractivity contribution in [1.29, 1.82) is 0 Å². The van der Waals surface area contributed by atoms with E-state index in [0.717, 1.165) is 41.8 Å². The lowest BCUT2D eigenvalue weighted by molar-refractivity contribution is 0.0376. The number of ether oxygens (including phenoxy) is 2. The van der Waals surface area contributed by atoms with Crippen molar-refractivity contribution in [2.75, 3.05) is 32.2 Å². The van der Waals surface area contributed by atoms with Gasteiger partial charge in [0.05, 0.1) is 13.2 Å². The minimum Gasteiger partial charge on any atom is -0.497 e. The van der Waals surface area contributed by atoms with Crippen LogP contribution < -0.4 is 9.64 Å². The summed E-state index contributed by atoms with van der Waals surface area (Å²) in [6.07, 6.45) is 2.31. The Hall–Kier alpha value is -1.66. The molecule has 2 atom stereocenters. The monoisotopic (exact) mass is 333 g/mol. The fourth-order valence-electron chi connectivity index (χ4n) is 3.17. The fourth-order valence-corrected chi connectivity index (χ4v) is 3.89. The molecule has 124 valence electrons. The van der Waals surface area contributed by atoms with Crippen molar-refractivity contribution < 1.29 is 9.47 Å². The number of methoxy groups -OCH3 is 2. The molecule has 0 N–H and O–H groups in total. The zero-order valence-corrected chi connectivity index (χ0v) is 14.7. The van der Waals surface area contributed by atoms with E-state index in [4.69, 9.17) is 9.47 Å². The summed E-state index contributed by atoms with van der Waals surface area (Å²) in [6, 6.07) is 8.32. The van der Waals surface area contributed by atoms with Crippen LogP contribution in [0.2, 0.25) is 0 Å². The third kappa shape index (κ3) is 3.82. The quantitative estimate of drug-likeness (QED) is 0.842. The summed E-state index contributed by atoms with van der Waals surface area (Å²) < 4.78 is 11.0. The summed E-state index contributed by atoms with van der Waals surface area (Å²) in [6.45, 7) is 3.93. The Kier molecular flexibility index (Phi) is 5.13. The molecule has 1 aromatic heterocycles. The summed E-state index contributed by atoms with van der Waals surface area (Å²) in [5.74, 6) is 1.35. The van der Waals surface area contributed by atoms with Crippen LogP contribution in [0, 0.1) is 12.8 Å². The van der Waals surface area contributed by atoms with E-state index in [1.54, 1.807) is 18.4 Å². The standard InChI is InChI=1S/C17H23N3O2S/c1-12-18-19-17(23-12)20-9-8-16(22-3)14(11-20)10-13-4-6-15(21-2)7-5-13/h4-7,14,16H,8-11H2,1-3H3/t14-,16+/m1/s1. The van der Waals surface area contributed by atoms with Gasteiger partial charge in [0.2, 0.25) is 5.13 Å². The fraction of sp³-hybridized carbons (Fsp3) is 0.529. The van der Waals surface area contributed by atoms with Gasteiger partial charge in [-0.2, -0.15) is 0 Å². The lowest BCUT2D eigenvalue weighted by Crippen LogP contribution is -2.45. The SMILES string of the molecule is COc1ccc(C[C@@H]2CN(c3nnc(C)s3)CC[C@@H]2OC)cc1. The summed E-state index contributed by atoms with van der Waals surface area (Å²) in [5.41, 5.74) is 1.31. The van der Waals surface area contributed by atoms with Crippen molar-refractivity contribution >= 4 is 16.5 Å². The third-order valence-electron chi connectivity index (χ3n) is 4.41. The summed E-state index contributed by atoms with van der Waals surface area (Å²) in [7, 11) is 3.51. The molecule has 23 heavy (non-hydrogen) atoms. The van der Waals surface area contributed by atoms with E-state index in [0.29, 0.717) is 12.0 Å². The van der Waals surface area contributed by atoms with Crippen LogP contribution in [0.5, 0.6) is 5.75 Å². The van der Waals surface area contributed by atoms with E-state index in [1.807, 2.05) is 26.2 Å². The first kappa shape index (κ1) is 16.2. The van der Waals surface area contributed by atoms with Gasteiger partial charge in [-0.15, -0.1) is 10.2 Å². The average molecular weight is 333 g/mol. The van der Waals surface area contributed by atoms with Crippen LogP contribution in [-0.2, 0) is 11.2 Å². The number of rotatable bonds is 5. The predicted molar refractivity (Wildman–Crippen MR) is 92.5 cm³/mol. The van der Waals surface area contributed by atoms with Gasteiger partial charge in [-0.3, -0.25) is 0 Å². The van der Waals surface area contributed by atoms with Gasteiger partial charge in [0.25, 0.3) is 0 Å². The highest BCUT2D eigenvalue weighted by atomic mass is 32.1. The van der Waals surface area contributed by atoms with Crippen LogP contribution in [-0.4, -0.2) is 43.6 Å². The molecule has 1 aliphatic rings. The molecule has 2 heterocycles. The number of hydrogen-bond donors (Lipinski definition) is 0. The van der Waals surface area contributed by atoms with Crippen LogP contribution in [0.1, 0.15) is 17.0 Å². The van der Waals surface area contributed by atoms with E-state index in [-0.39, 0.29) is 0 Å². The number of anilines is 1. The zero-order chi connectivity index (χ0) is 16.2. The van der Waals surface area contributed by atoms with Crippen molar-refractivity contribution in [3.63, 3.8) is 0 Å². The number of aromatic nitrogens is 2. The molecule has 1 aromatic carbocycles. The summed E-state index contributed by atoms with van der Waals surface area (Å²) in [4.78, 5) is 2.34. The van der Waals surface area contributed by atoms with Crippen molar-refractivity contribution in [2.24, 2.45) is 5.92 Å². The van der Waals surface area contributed by atoms with Crippen LogP contribution >= 0.6 is 11.3 Å². The highest BCUT2D eigenvalue weighted by molar-refractivity contribution is 7.15. The van der Waals surface area contributed by atoms with Gasteiger partial charge in [0.15, 0.2) is 0 Å². The zero-order valence-electron chi connectivity index (χ0n) is 13.9. The van der Waals surface area contributed by atoms with Gasteiger partial charge in [-0.1, -0.05) is 23.5 Å². The molecule has 0 spiro atoms. The van der Waals surface area contributed by atoms with E-state index in [9.17, 15) is 0 Å². The molecule has 5 nitrogen and oxygen atoms in total. The van der Waals surface area contributed by atoms with Crippen molar-refractivity contribution in [3.05, 3.63) is 34.8 Å². The summed E-state index contributed by atoms with van der Waals surface area (Å²) in [5, 5.41) is 10.5. The highest BCUT2D eigenvalue weighted by Gasteiger charge is 2.30. The molecular weight excluding hydrogens is 310 g/mol. The molecule has 0 unspecified atom stereocenters. The van der Waals surface area contributed by atoms with Crippen molar-refractivity contribution in [2.45, 2.75) is 25.9 Å². The molecule has 2 aromatic rings. The molecule has 1 aliphatic heterocycles. The lowest BCUT2D eigenvalue weighted by Gasteiger charge is -2.37. The van der Waals surface area contributed by atoms with E-state index in [1.165, 1.54) is 5.56 Å². The van der Waals surface area contributed by atoms with Crippen LogP contribution in [0.3, 0.4) is 0 Å². The normalized spacial score (nSPS) is 21.4. The molecular formula is C17H23N3O2S. The van der Waals surface area contributed by atoms with E-state index in [2.05, 4.69) is 27.2 Å². The Morgan fingerprint density at radius 3 is 2.61 bits per heavy atom. The van der Waals surface area contributed by atoms with E-state index >= 15 is 0 Å². The van der Waals surface area contributed by atoms with Crippen LogP contribution in [0.25, 0.3) is 0 Å². The Morgan fingerprint density at radius 2 is 2.00 bits per heavy atom. The predicted octanol–water partition coefficient (Wildman–Crippen LogP) is 2.94. The molecule has 1 saturated heterocycles. The number of aryl methyl sites for hydroxylation is 1. The molecule has 0 saturated carbocycles. The van der Waals surface area contributed by atoms with E-state index < -0.39 is 0 Å². The number of benzene rings is 1. The largest absolute Gasteiger partial charge is 0.497 e. The second kappa shape index (κ2) is 7.27. The molecule has 0 bridgehead atoms. The first-order chi connectivity index (χ1) is 11.2. The maximum Gasteiger partial charge on any atom is 0.208 e. The third-order valence-corrected chi connectivity index (χ3v) is 5.31. The van der Waals surface area contributed by atoms with Crippen molar-refractivity contribution in [1.82, 2.24) is 10.2 Å². The minimum absolute atomic E-state index is 0.294. The molecule has 0 radical (unpaired) electrons. The number of hydrogen-bond acceptors (Lipinski definition) is 6. The summed E-state index contributed by atoms with van der Waals surface area (Å²) >= 11 is 1.66. The first-order valence-corrected chi connectivity index (χ1v) is 8.72. The van der Waals surface area contributed by atoms with Gasteiger partial charge in [-0.25, -0.2) is 0 Å². The molecule has 1 fully saturated rings. The van der Waals surface area contributed by atoms with Gasteiger partial charge >= 0.3 is 0 Å². The number of nitrogens with zero attached hydrogens (tertiary/aromatic N) is 3. The Labute approximate surface area is 141 Å². The lowest BCUT2D eigenvalue weighted by atomic mass is 9.88. The molecule has 3 rings (SSSR count). The Morgan fingerprint density at radius 1 is 1.22 bits per heavy atom. The number of piperidine rings is 1. The van der Waals surface area contributed by atoms with Crippen LogP contribution in [0.15, 0.2) is 24.3 Å². The first-order valence-electron chi connectivity index (χ1n) is 7.90. The second-order valence-electron chi connectivity index (χ2n) is 5.92. The minimum atomic E-state index is 0.294. The van der Waals surface area contributed by atoms with Gasteiger partial charge in [-0.05, 0) is 37.5 Å². The maximum atomic E-state index is 5.73. The Bertz CT molecular complexity index is 629. The van der Waals surface area contributed by atoms with Gasteiger partial charge < -0.3 is 14.4 Å². The second-order valence-corrected chi connectivity index (χ2v) is 7.08. The molecule has 0 amide bonds.